The van der Waals surface area contributed by atoms with E-state index in [-0.39, 0.29) is 11.8 Å². The minimum Gasteiger partial charge on any atom is -0.481 e. The van der Waals surface area contributed by atoms with Crippen molar-refractivity contribution < 1.29 is 19.9 Å². The summed E-state index contributed by atoms with van der Waals surface area (Å²) >= 11 is 0. The zero-order valence-corrected chi connectivity index (χ0v) is 7.60. The van der Waals surface area contributed by atoms with Crippen LogP contribution in [0.5, 0.6) is 0 Å². The van der Waals surface area contributed by atoms with Gasteiger partial charge in [-0.15, -0.1) is 0 Å². The van der Waals surface area contributed by atoms with Crippen molar-refractivity contribution in [3.05, 3.63) is 0 Å². The number of nitrogens with two attached hydrogens (primary N) is 1. The first-order valence-electron chi connectivity index (χ1n) is 3.81. The lowest BCUT2D eigenvalue weighted by atomic mass is 10.1. The summed E-state index contributed by atoms with van der Waals surface area (Å²) in [5, 5.41) is 16.8. The van der Waals surface area contributed by atoms with Crippen LogP contribution in [0, 0.1) is 5.92 Å². The Morgan fingerprint density at radius 3 is 2.15 bits per heavy atom. The maximum absolute atomic E-state index is 10.7. The minimum absolute atomic E-state index is 0.0718. The molecule has 2 unspecified atom stereocenters. The lowest BCUT2D eigenvalue weighted by molar-refractivity contribution is -0.158. The van der Waals surface area contributed by atoms with Crippen LogP contribution >= 0.6 is 0 Å². The van der Waals surface area contributed by atoms with Crippen molar-refractivity contribution in [3.63, 3.8) is 0 Å². The van der Waals surface area contributed by atoms with Gasteiger partial charge in [0.2, 0.25) is 0 Å². The summed E-state index contributed by atoms with van der Waals surface area (Å²) in [6.45, 7) is 3.28. The minimum atomic E-state index is -0.833. The van der Waals surface area contributed by atoms with Gasteiger partial charge in [0.15, 0.2) is 0 Å². The van der Waals surface area contributed by atoms with Crippen LogP contribution in [-0.2, 0) is 9.59 Å². The molecule has 1 aliphatic rings. The zero-order valence-electron chi connectivity index (χ0n) is 7.60. The van der Waals surface area contributed by atoms with Crippen LogP contribution in [0.25, 0.3) is 0 Å². The molecule has 2 atom stereocenters. The number of carboxylic acids is 1. The first-order chi connectivity index (χ1) is 5.86. The van der Waals surface area contributed by atoms with Crippen LogP contribution in [0.1, 0.15) is 13.8 Å². The van der Waals surface area contributed by atoms with Gasteiger partial charge in [-0.3, -0.25) is 14.8 Å². The quantitative estimate of drug-likeness (QED) is 0.437. The molecule has 1 rings (SSSR count). The number of hydrogen-bond donors (Lipinski definition) is 3. The fourth-order valence-corrected chi connectivity index (χ4v) is 0.892. The molecule has 0 aliphatic carbocycles. The van der Waals surface area contributed by atoms with Crippen molar-refractivity contribution in [2.45, 2.75) is 19.9 Å². The van der Waals surface area contributed by atoms with E-state index in [1.807, 2.05) is 6.92 Å². The Kier molecular flexibility index (Phi) is 4.36. The molecule has 1 heterocycles. The highest BCUT2D eigenvalue weighted by Crippen LogP contribution is 2.12. The van der Waals surface area contributed by atoms with Gasteiger partial charge >= 0.3 is 0 Å². The molecule has 6 nitrogen and oxygen atoms in total. The largest absolute Gasteiger partial charge is 0.481 e. The van der Waals surface area contributed by atoms with E-state index in [0.29, 0.717) is 11.6 Å². The molecule has 4 N–H and O–H groups in total. The molecule has 76 valence electrons. The highest BCUT2D eigenvalue weighted by molar-refractivity contribution is 5.82. The Labute approximate surface area is 75.9 Å². The number of nitrogens with zero attached hydrogens (tertiary/aromatic N) is 1. The van der Waals surface area contributed by atoms with E-state index in [1.54, 1.807) is 0 Å². The molecule has 0 saturated carbocycles. The van der Waals surface area contributed by atoms with Crippen molar-refractivity contribution in [1.82, 2.24) is 5.06 Å². The summed E-state index contributed by atoms with van der Waals surface area (Å²) in [5.41, 5.74) is 5.36. The molecular weight excluding hydrogens is 176 g/mol. The smallest absolute Gasteiger partial charge is 0.300 e. The van der Waals surface area contributed by atoms with E-state index in [9.17, 15) is 4.79 Å². The Morgan fingerprint density at radius 1 is 1.69 bits per heavy atom. The monoisotopic (exact) mass is 190 g/mol. The summed E-state index contributed by atoms with van der Waals surface area (Å²) < 4.78 is 0. The SMILES string of the molecule is CC(=O)O.CC1CN(O)C(=O)C1N. The third-order valence-corrected chi connectivity index (χ3v) is 1.61. The van der Waals surface area contributed by atoms with Gasteiger partial charge in [0.05, 0.1) is 12.6 Å². The van der Waals surface area contributed by atoms with Gasteiger partial charge < -0.3 is 10.8 Å². The molecule has 0 aromatic heterocycles. The molecule has 1 amide bonds. The van der Waals surface area contributed by atoms with Gasteiger partial charge in [-0.05, 0) is 0 Å². The molecule has 1 saturated heterocycles. The van der Waals surface area contributed by atoms with Gasteiger partial charge in [0.1, 0.15) is 0 Å². The standard InChI is InChI=1S/C5H10N2O2.C2H4O2/c1-3-2-7(9)5(8)4(3)6;1-2(3)4/h3-4,9H,2,6H2,1H3;1H3,(H,3,4). The molecule has 0 spiro atoms. The number of carbonyl (C=O) groups excluding carboxylic acids is 1. The van der Waals surface area contributed by atoms with E-state index >= 15 is 0 Å². The second-order valence-electron chi connectivity index (χ2n) is 2.94. The second kappa shape index (κ2) is 4.78. The second-order valence-corrected chi connectivity index (χ2v) is 2.94. The highest BCUT2D eigenvalue weighted by Gasteiger charge is 2.33. The molecular formula is C7H14N2O4. The zero-order chi connectivity index (χ0) is 10.6. The number of amides is 1. The molecule has 0 radical (unpaired) electrons. The van der Waals surface area contributed by atoms with Gasteiger partial charge in [-0.25, -0.2) is 5.06 Å². The Bertz CT molecular complexity index is 203. The topological polar surface area (TPSA) is 104 Å². The van der Waals surface area contributed by atoms with E-state index in [0.717, 1.165) is 6.92 Å². The normalized spacial score (nSPS) is 26.8. The summed E-state index contributed by atoms with van der Waals surface area (Å²) in [7, 11) is 0. The van der Waals surface area contributed by atoms with Crippen molar-refractivity contribution in [1.29, 1.82) is 0 Å². The summed E-state index contributed by atoms with van der Waals surface area (Å²) in [4.78, 5) is 19.7. The van der Waals surface area contributed by atoms with Crippen molar-refractivity contribution in [2.24, 2.45) is 11.7 Å². The van der Waals surface area contributed by atoms with Gasteiger partial charge in [0.25, 0.3) is 11.9 Å². The Morgan fingerprint density at radius 2 is 2.08 bits per heavy atom. The average molecular weight is 190 g/mol. The van der Waals surface area contributed by atoms with E-state index in [1.165, 1.54) is 0 Å². The molecule has 0 aromatic carbocycles. The van der Waals surface area contributed by atoms with Gasteiger partial charge in [0, 0.05) is 12.8 Å². The highest BCUT2D eigenvalue weighted by atomic mass is 16.5. The number of rotatable bonds is 0. The molecule has 6 heteroatoms. The number of carbonyl (C=O) groups is 2. The predicted octanol–water partition coefficient (Wildman–Crippen LogP) is -0.728. The van der Waals surface area contributed by atoms with Crippen LogP contribution in [0.2, 0.25) is 0 Å². The fraction of sp³-hybridized carbons (Fsp3) is 0.714. The van der Waals surface area contributed by atoms with Gasteiger partial charge in [-0.1, -0.05) is 6.92 Å². The maximum Gasteiger partial charge on any atom is 0.300 e. The van der Waals surface area contributed by atoms with Crippen LogP contribution in [0.3, 0.4) is 0 Å². The third kappa shape index (κ3) is 3.86. The van der Waals surface area contributed by atoms with Crippen LogP contribution < -0.4 is 5.73 Å². The first kappa shape index (κ1) is 11.9. The van der Waals surface area contributed by atoms with Crippen molar-refractivity contribution >= 4 is 11.9 Å². The fourth-order valence-electron chi connectivity index (χ4n) is 0.892. The summed E-state index contributed by atoms with van der Waals surface area (Å²) in [6.07, 6.45) is 0. The molecule has 1 aliphatic heterocycles. The van der Waals surface area contributed by atoms with Crippen molar-refractivity contribution in [3.8, 4) is 0 Å². The maximum atomic E-state index is 10.7. The van der Waals surface area contributed by atoms with E-state index in [4.69, 9.17) is 20.8 Å². The lowest BCUT2D eigenvalue weighted by Gasteiger charge is -2.02. The number of carboxylic acid groups (broad SMARTS) is 1. The third-order valence-electron chi connectivity index (χ3n) is 1.61. The van der Waals surface area contributed by atoms with Crippen LogP contribution in [-0.4, -0.2) is 39.8 Å². The lowest BCUT2D eigenvalue weighted by Crippen LogP contribution is -2.33. The molecule has 1 fully saturated rings. The van der Waals surface area contributed by atoms with E-state index < -0.39 is 12.0 Å². The van der Waals surface area contributed by atoms with Gasteiger partial charge in [-0.2, -0.15) is 0 Å². The molecule has 13 heavy (non-hydrogen) atoms. The van der Waals surface area contributed by atoms with Crippen LogP contribution in [0.4, 0.5) is 0 Å². The van der Waals surface area contributed by atoms with Crippen LogP contribution in [0.15, 0.2) is 0 Å². The first-order valence-corrected chi connectivity index (χ1v) is 3.81. The average Bonchev–Trinajstić information content (AvgIpc) is 2.17. The predicted molar refractivity (Wildman–Crippen MR) is 43.9 cm³/mol. The van der Waals surface area contributed by atoms with Crippen molar-refractivity contribution in [2.75, 3.05) is 6.54 Å². The summed E-state index contributed by atoms with van der Waals surface area (Å²) in [6, 6.07) is -0.505. The van der Waals surface area contributed by atoms with E-state index in [2.05, 4.69) is 0 Å². The number of aliphatic carboxylic acids is 1. The summed E-state index contributed by atoms with van der Waals surface area (Å²) in [5.74, 6) is -1.13. The number of hydrogen-bond acceptors (Lipinski definition) is 4. The Hall–Kier alpha value is -1.14. The molecule has 0 aromatic rings. The number of hydroxylamine groups is 2. The Balaban J connectivity index is 0.000000310. The molecule has 0 bridgehead atoms.